The summed E-state index contributed by atoms with van der Waals surface area (Å²) in [5, 5.41) is 20.5. The van der Waals surface area contributed by atoms with Crippen molar-refractivity contribution in [3.05, 3.63) is 23.9 Å². The Labute approximate surface area is 169 Å². The molecule has 3 heteroatoms. The van der Waals surface area contributed by atoms with Crippen LogP contribution in [0.2, 0.25) is 0 Å². The Morgan fingerprint density at radius 2 is 0.926 bits per heavy atom. The van der Waals surface area contributed by atoms with E-state index in [4.69, 9.17) is 0 Å². The Kier molecular flexibility index (Phi) is 18.8. The second-order valence-electron chi connectivity index (χ2n) is 7.87. The lowest BCUT2D eigenvalue weighted by Gasteiger charge is -2.17. The summed E-state index contributed by atoms with van der Waals surface area (Å²) >= 11 is 0. The van der Waals surface area contributed by atoms with Crippen LogP contribution in [-0.2, 0) is 0 Å². The van der Waals surface area contributed by atoms with Crippen LogP contribution in [0.15, 0.2) is 23.9 Å². The van der Waals surface area contributed by atoms with Gasteiger partial charge in [-0.3, -0.25) is 0 Å². The van der Waals surface area contributed by atoms with Crippen molar-refractivity contribution in [3.63, 3.8) is 0 Å². The number of allylic oxidation sites excluding steroid dienone is 2. The molecule has 0 aliphatic rings. The topological polar surface area (TPSA) is 43.7 Å². The van der Waals surface area contributed by atoms with E-state index < -0.39 is 0 Å². The highest BCUT2D eigenvalue weighted by atomic mass is 16.3. The van der Waals surface area contributed by atoms with Crippen molar-refractivity contribution in [2.45, 2.75) is 124 Å². The van der Waals surface area contributed by atoms with Gasteiger partial charge in [-0.15, -0.1) is 0 Å². The van der Waals surface area contributed by atoms with Crippen LogP contribution in [0.3, 0.4) is 0 Å². The highest BCUT2D eigenvalue weighted by molar-refractivity contribution is 4.99. The standard InChI is InChI=1S/C24H47NO2/c1-4-7-10-13-14-17-20-25(21-23(26)18-15-11-8-5-2)22-24(27)19-16-12-9-6-3/h21-22,26-27H,4-20H2,1-3H3. The number of rotatable bonds is 19. The van der Waals surface area contributed by atoms with Gasteiger partial charge in [0.15, 0.2) is 0 Å². The average molecular weight is 382 g/mol. The number of hydrogen-bond acceptors (Lipinski definition) is 3. The zero-order chi connectivity index (χ0) is 20.2. The SMILES string of the molecule is CCCCCCCCN(C=C(O)CCCCCC)C=C(O)CCCCCC. The summed E-state index contributed by atoms with van der Waals surface area (Å²) < 4.78 is 0. The monoisotopic (exact) mass is 381 g/mol. The predicted molar refractivity (Wildman–Crippen MR) is 119 cm³/mol. The second kappa shape index (κ2) is 19.6. The molecule has 0 saturated heterocycles. The van der Waals surface area contributed by atoms with Crippen LogP contribution in [-0.4, -0.2) is 21.7 Å². The van der Waals surface area contributed by atoms with Gasteiger partial charge in [-0.2, -0.15) is 0 Å². The van der Waals surface area contributed by atoms with Gasteiger partial charge in [0.2, 0.25) is 0 Å². The first kappa shape index (κ1) is 25.9. The summed E-state index contributed by atoms with van der Waals surface area (Å²) in [5.41, 5.74) is 0. The first-order valence-electron chi connectivity index (χ1n) is 11.7. The van der Waals surface area contributed by atoms with Crippen molar-refractivity contribution in [1.29, 1.82) is 0 Å². The first-order valence-corrected chi connectivity index (χ1v) is 11.7. The van der Waals surface area contributed by atoms with Crippen LogP contribution >= 0.6 is 0 Å². The molecule has 0 aromatic carbocycles. The highest BCUT2D eigenvalue weighted by Gasteiger charge is 2.03. The fourth-order valence-corrected chi connectivity index (χ4v) is 3.22. The summed E-state index contributed by atoms with van der Waals surface area (Å²) in [6.45, 7) is 7.51. The lowest BCUT2D eigenvalue weighted by molar-refractivity contribution is 0.334. The van der Waals surface area contributed by atoms with E-state index in [0.717, 1.165) is 38.6 Å². The van der Waals surface area contributed by atoms with Crippen LogP contribution < -0.4 is 0 Å². The van der Waals surface area contributed by atoms with Crippen molar-refractivity contribution in [2.75, 3.05) is 6.54 Å². The van der Waals surface area contributed by atoms with E-state index in [-0.39, 0.29) is 0 Å². The zero-order valence-corrected chi connectivity index (χ0v) is 18.5. The molecule has 0 heterocycles. The Morgan fingerprint density at radius 3 is 1.37 bits per heavy atom. The lowest BCUT2D eigenvalue weighted by atomic mass is 10.1. The van der Waals surface area contributed by atoms with E-state index in [1.807, 2.05) is 17.3 Å². The van der Waals surface area contributed by atoms with Gasteiger partial charge in [0.1, 0.15) is 11.5 Å². The van der Waals surface area contributed by atoms with E-state index in [1.54, 1.807) is 0 Å². The molecule has 0 atom stereocenters. The maximum absolute atomic E-state index is 10.3. The molecule has 0 aliphatic carbocycles. The number of unbranched alkanes of at least 4 members (excludes halogenated alkanes) is 11. The maximum atomic E-state index is 10.3. The molecule has 27 heavy (non-hydrogen) atoms. The van der Waals surface area contributed by atoms with Gasteiger partial charge in [-0.05, 0) is 19.3 Å². The number of aliphatic hydroxyl groups excluding tert-OH is 2. The Hall–Kier alpha value is -1.12. The van der Waals surface area contributed by atoms with Crippen LogP contribution in [0.1, 0.15) is 124 Å². The molecule has 0 radical (unpaired) electrons. The van der Waals surface area contributed by atoms with E-state index in [2.05, 4.69) is 20.8 Å². The third kappa shape index (κ3) is 18.0. The van der Waals surface area contributed by atoms with Gasteiger partial charge in [0, 0.05) is 31.8 Å². The minimum absolute atomic E-state index is 0.437. The van der Waals surface area contributed by atoms with Gasteiger partial charge >= 0.3 is 0 Å². The van der Waals surface area contributed by atoms with Crippen LogP contribution in [0.4, 0.5) is 0 Å². The molecule has 0 aromatic heterocycles. The summed E-state index contributed by atoms with van der Waals surface area (Å²) in [6.07, 6.45) is 21.9. The van der Waals surface area contributed by atoms with Crippen LogP contribution in [0, 0.1) is 0 Å². The molecule has 0 bridgehead atoms. The molecule has 0 aliphatic heterocycles. The minimum atomic E-state index is 0.437. The van der Waals surface area contributed by atoms with Gasteiger partial charge in [-0.1, -0.05) is 91.4 Å². The first-order chi connectivity index (χ1) is 13.1. The highest BCUT2D eigenvalue weighted by Crippen LogP contribution is 2.14. The molecule has 0 saturated carbocycles. The van der Waals surface area contributed by atoms with E-state index in [0.29, 0.717) is 11.5 Å². The van der Waals surface area contributed by atoms with E-state index >= 15 is 0 Å². The van der Waals surface area contributed by atoms with E-state index in [1.165, 1.54) is 70.6 Å². The molecular formula is C24H47NO2. The molecule has 0 unspecified atom stereocenters. The molecule has 0 rings (SSSR count). The normalized spacial score (nSPS) is 12.6. The summed E-state index contributed by atoms with van der Waals surface area (Å²) in [5.74, 6) is 0.874. The third-order valence-electron chi connectivity index (χ3n) is 4.97. The number of hydrogen-bond donors (Lipinski definition) is 2. The van der Waals surface area contributed by atoms with Gasteiger partial charge < -0.3 is 15.1 Å². The molecule has 0 amide bonds. The predicted octanol–water partition coefficient (Wildman–Crippen LogP) is 8.39. The summed E-state index contributed by atoms with van der Waals surface area (Å²) in [7, 11) is 0. The molecule has 2 N–H and O–H groups in total. The van der Waals surface area contributed by atoms with Gasteiger partial charge in [-0.25, -0.2) is 0 Å². The maximum Gasteiger partial charge on any atom is 0.108 e. The van der Waals surface area contributed by atoms with Crippen molar-refractivity contribution >= 4 is 0 Å². The molecule has 0 spiro atoms. The lowest BCUT2D eigenvalue weighted by Crippen LogP contribution is -2.14. The average Bonchev–Trinajstić information content (AvgIpc) is 2.65. The Morgan fingerprint density at radius 1 is 0.556 bits per heavy atom. The number of aliphatic hydroxyl groups is 2. The molecular weight excluding hydrogens is 334 g/mol. The van der Waals surface area contributed by atoms with Crippen molar-refractivity contribution < 1.29 is 10.2 Å². The summed E-state index contributed by atoms with van der Waals surface area (Å²) in [4.78, 5) is 2.00. The van der Waals surface area contributed by atoms with Crippen LogP contribution in [0.5, 0.6) is 0 Å². The molecule has 0 fully saturated rings. The second-order valence-corrected chi connectivity index (χ2v) is 7.87. The molecule has 0 aromatic rings. The van der Waals surface area contributed by atoms with Gasteiger partial charge in [0.25, 0.3) is 0 Å². The zero-order valence-electron chi connectivity index (χ0n) is 18.5. The Bertz CT molecular complexity index is 349. The molecule has 160 valence electrons. The van der Waals surface area contributed by atoms with Gasteiger partial charge in [0.05, 0.1) is 0 Å². The third-order valence-corrected chi connectivity index (χ3v) is 4.97. The quantitative estimate of drug-likeness (QED) is 0.174. The van der Waals surface area contributed by atoms with Crippen molar-refractivity contribution in [3.8, 4) is 0 Å². The summed E-state index contributed by atoms with van der Waals surface area (Å²) in [6, 6.07) is 0. The smallest absolute Gasteiger partial charge is 0.108 e. The Balaban J connectivity index is 4.49. The largest absolute Gasteiger partial charge is 0.511 e. The van der Waals surface area contributed by atoms with E-state index in [9.17, 15) is 10.2 Å². The minimum Gasteiger partial charge on any atom is -0.511 e. The number of nitrogens with zero attached hydrogens (tertiary/aromatic N) is 1. The van der Waals surface area contributed by atoms with Crippen molar-refractivity contribution in [1.82, 2.24) is 4.90 Å². The molecule has 3 nitrogen and oxygen atoms in total. The fraction of sp³-hybridized carbons (Fsp3) is 0.833. The van der Waals surface area contributed by atoms with Crippen LogP contribution in [0.25, 0.3) is 0 Å². The van der Waals surface area contributed by atoms with Crippen molar-refractivity contribution in [2.24, 2.45) is 0 Å². The fourth-order valence-electron chi connectivity index (χ4n) is 3.22.